The molecule has 2 nitrogen and oxygen atoms in total. The van der Waals surface area contributed by atoms with E-state index in [1.54, 1.807) is 13.0 Å². The molecule has 0 spiro atoms. The van der Waals surface area contributed by atoms with E-state index in [2.05, 4.69) is 6.58 Å². The highest BCUT2D eigenvalue weighted by Gasteiger charge is 2.00. The third kappa shape index (κ3) is 3.24. The molecule has 0 saturated heterocycles. The van der Waals surface area contributed by atoms with Crippen molar-refractivity contribution in [2.24, 2.45) is 0 Å². The summed E-state index contributed by atoms with van der Waals surface area (Å²) in [6, 6.07) is 0. The van der Waals surface area contributed by atoms with Gasteiger partial charge in [-0.05, 0) is 6.92 Å². The number of rotatable bonds is 3. The Bertz CT molecular complexity index is 161. The molecule has 56 valence electrons. The van der Waals surface area contributed by atoms with Gasteiger partial charge in [-0.15, -0.1) is 0 Å². The smallest absolute Gasteiger partial charge is 0.333 e. The third-order valence-corrected chi connectivity index (χ3v) is 1.95. The molecule has 3 heteroatoms. The molecule has 0 heterocycles. The summed E-state index contributed by atoms with van der Waals surface area (Å²) in [6.45, 7) is 5.48. The lowest BCUT2D eigenvalue weighted by atomic mass is 10.4. The van der Waals surface area contributed by atoms with E-state index in [9.17, 15) is 4.79 Å². The molecule has 0 N–H and O–H groups in total. The quantitative estimate of drug-likeness (QED) is 0.248. The second kappa shape index (κ2) is 4.99. The topological polar surface area (TPSA) is 26.3 Å². The molecule has 0 amide bonds. The van der Waals surface area contributed by atoms with Crippen molar-refractivity contribution in [3.05, 3.63) is 23.9 Å². The summed E-state index contributed by atoms with van der Waals surface area (Å²) in [7, 11) is 0.891. The van der Waals surface area contributed by atoms with E-state index in [0.717, 1.165) is 10.2 Å². The predicted octanol–water partition coefficient (Wildman–Crippen LogP) is -0.0152. The van der Waals surface area contributed by atoms with Gasteiger partial charge in [-0.25, -0.2) is 4.79 Å². The molecular formula is C7H12O2Si. The van der Waals surface area contributed by atoms with Crippen LogP contribution in [0.5, 0.6) is 0 Å². The Morgan fingerprint density at radius 3 is 2.80 bits per heavy atom. The summed E-state index contributed by atoms with van der Waals surface area (Å²) in [5.41, 5.74) is 2.54. The van der Waals surface area contributed by atoms with E-state index in [4.69, 9.17) is 4.74 Å². The summed E-state index contributed by atoms with van der Waals surface area (Å²) < 4.78 is 4.74. The summed E-state index contributed by atoms with van der Waals surface area (Å²) in [4.78, 5) is 10.8. The SMILES string of the molecule is C=CCOC(=O)C(C)=C[SiH3]. The zero-order chi connectivity index (χ0) is 7.98. The monoisotopic (exact) mass is 156 g/mol. The van der Waals surface area contributed by atoms with Crippen molar-refractivity contribution in [3.63, 3.8) is 0 Å². The third-order valence-electron chi connectivity index (χ3n) is 1.09. The van der Waals surface area contributed by atoms with Crippen LogP contribution in [0.1, 0.15) is 6.92 Å². The molecule has 0 aromatic carbocycles. The largest absolute Gasteiger partial charge is 0.458 e. The molecular weight excluding hydrogens is 144 g/mol. The molecule has 0 rings (SSSR count). The van der Waals surface area contributed by atoms with Crippen LogP contribution in [-0.2, 0) is 9.53 Å². The fraction of sp³-hybridized carbons (Fsp3) is 0.286. The maximum Gasteiger partial charge on any atom is 0.333 e. The Morgan fingerprint density at radius 1 is 1.80 bits per heavy atom. The number of ether oxygens (including phenoxy) is 1. The van der Waals surface area contributed by atoms with Crippen LogP contribution in [0, 0.1) is 0 Å². The molecule has 0 bridgehead atoms. The predicted molar refractivity (Wildman–Crippen MR) is 44.9 cm³/mol. The van der Waals surface area contributed by atoms with Crippen LogP contribution in [-0.4, -0.2) is 22.8 Å². The van der Waals surface area contributed by atoms with Crippen molar-refractivity contribution in [1.82, 2.24) is 0 Å². The lowest BCUT2D eigenvalue weighted by Gasteiger charge is -1.99. The summed E-state index contributed by atoms with van der Waals surface area (Å²) in [5.74, 6) is -0.241. The van der Waals surface area contributed by atoms with E-state index >= 15 is 0 Å². The first-order valence-corrected chi connectivity index (χ1v) is 4.28. The molecule has 0 aliphatic heterocycles. The van der Waals surface area contributed by atoms with Gasteiger partial charge in [0.1, 0.15) is 6.61 Å². The number of carbonyl (C=O) groups excluding carboxylic acids is 1. The lowest BCUT2D eigenvalue weighted by molar-refractivity contribution is -0.137. The second-order valence-electron chi connectivity index (χ2n) is 1.86. The van der Waals surface area contributed by atoms with Crippen LogP contribution in [0.2, 0.25) is 0 Å². The Hall–Kier alpha value is -0.833. The minimum atomic E-state index is -0.241. The molecule has 0 saturated carbocycles. The molecule has 0 unspecified atom stereocenters. The van der Waals surface area contributed by atoms with Crippen molar-refractivity contribution >= 4 is 16.2 Å². The van der Waals surface area contributed by atoms with Crippen molar-refractivity contribution in [3.8, 4) is 0 Å². The Balaban J connectivity index is 3.74. The van der Waals surface area contributed by atoms with E-state index in [0.29, 0.717) is 12.2 Å². The van der Waals surface area contributed by atoms with Crippen molar-refractivity contribution < 1.29 is 9.53 Å². The number of hydrogen-bond donors (Lipinski definition) is 0. The fourth-order valence-corrected chi connectivity index (χ4v) is 0.602. The highest BCUT2D eigenvalue weighted by atomic mass is 28.1. The van der Waals surface area contributed by atoms with Gasteiger partial charge in [0.25, 0.3) is 0 Å². The molecule has 0 aromatic heterocycles. The highest BCUT2D eigenvalue weighted by Crippen LogP contribution is 1.93. The average molecular weight is 156 g/mol. The van der Waals surface area contributed by atoms with Crippen LogP contribution in [0.15, 0.2) is 23.9 Å². The van der Waals surface area contributed by atoms with Crippen molar-refractivity contribution in [2.75, 3.05) is 6.61 Å². The van der Waals surface area contributed by atoms with Gasteiger partial charge in [0.15, 0.2) is 0 Å². The van der Waals surface area contributed by atoms with E-state index in [-0.39, 0.29) is 5.97 Å². The first-order valence-electron chi connectivity index (χ1n) is 3.13. The second-order valence-corrected chi connectivity index (χ2v) is 2.44. The number of hydrogen-bond acceptors (Lipinski definition) is 2. The van der Waals surface area contributed by atoms with Gasteiger partial charge in [0.2, 0.25) is 0 Å². The Kier molecular flexibility index (Phi) is 4.58. The van der Waals surface area contributed by atoms with Gasteiger partial charge in [0, 0.05) is 15.8 Å². The van der Waals surface area contributed by atoms with E-state index in [1.165, 1.54) is 0 Å². The summed E-state index contributed by atoms with van der Waals surface area (Å²) >= 11 is 0. The Morgan fingerprint density at radius 2 is 2.40 bits per heavy atom. The van der Waals surface area contributed by atoms with Gasteiger partial charge in [-0.3, -0.25) is 0 Å². The highest BCUT2D eigenvalue weighted by molar-refractivity contribution is 6.19. The van der Waals surface area contributed by atoms with Gasteiger partial charge < -0.3 is 4.74 Å². The summed E-state index contributed by atoms with van der Waals surface area (Å²) in [5, 5.41) is 0. The maximum absolute atomic E-state index is 10.8. The molecule has 0 aliphatic rings. The lowest BCUT2D eigenvalue weighted by Crippen LogP contribution is -2.05. The minimum absolute atomic E-state index is 0.241. The van der Waals surface area contributed by atoms with Gasteiger partial charge >= 0.3 is 5.97 Å². The normalized spacial score (nSPS) is 11.1. The fourth-order valence-electron chi connectivity index (χ4n) is 0.366. The molecule has 0 aromatic rings. The molecule has 0 aliphatic carbocycles. The zero-order valence-corrected chi connectivity index (χ0v) is 8.39. The van der Waals surface area contributed by atoms with Crippen LogP contribution >= 0.6 is 0 Å². The zero-order valence-electron chi connectivity index (χ0n) is 6.39. The van der Waals surface area contributed by atoms with E-state index in [1.807, 2.05) is 5.70 Å². The van der Waals surface area contributed by atoms with Crippen LogP contribution in [0.4, 0.5) is 0 Å². The number of esters is 1. The van der Waals surface area contributed by atoms with Crippen molar-refractivity contribution in [1.29, 1.82) is 0 Å². The molecule has 10 heavy (non-hydrogen) atoms. The molecule has 0 radical (unpaired) electrons. The summed E-state index contributed by atoms with van der Waals surface area (Å²) in [6.07, 6.45) is 1.55. The van der Waals surface area contributed by atoms with Crippen LogP contribution in [0.3, 0.4) is 0 Å². The average Bonchev–Trinajstić information content (AvgIpc) is 1.98. The van der Waals surface area contributed by atoms with Gasteiger partial charge in [-0.1, -0.05) is 18.4 Å². The van der Waals surface area contributed by atoms with Crippen LogP contribution < -0.4 is 0 Å². The van der Waals surface area contributed by atoms with Gasteiger partial charge in [0.05, 0.1) is 0 Å². The molecule has 0 atom stereocenters. The minimum Gasteiger partial charge on any atom is -0.458 e. The standard InChI is InChI=1S/C7H12O2Si/c1-3-4-9-7(8)6(2)5-10/h3,5H,1,4H2,2,10H3. The first-order chi connectivity index (χ1) is 4.72. The van der Waals surface area contributed by atoms with E-state index < -0.39 is 0 Å². The molecule has 0 fully saturated rings. The first kappa shape index (κ1) is 9.17. The Labute approximate surface area is 64.0 Å². The van der Waals surface area contributed by atoms with Crippen LogP contribution in [0.25, 0.3) is 0 Å². The number of carbonyl (C=O) groups is 1. The van der Waals surface area contributed by atoms with Gasteiger partial charge in [-0.2, -0.15) is 0 Å². The maximum atomic E-state index is 10.8. The van der Waals surface area contributed by atoms with Crippen molar-refractivity contribution in [2.45, 2.75) is 6.92 Å².